The molecule has 0 aliphatic heterocycles. The van der Waals surface area contributed by atoms with Gasteiger partial charge in [-0.2, -0.15) is 0 Å². The van der Waals surface area contributed by atoms with Crippen LogP contribution in [0.3, 0.4) is 0 Å². The summed E-state index contributed by atoms with van der Waals surface area (Å²) in [6.07, 6.45) is 13.4. The molecule has 0 unspecified atom stereocenters. The second-order valence-corrected chi connectivity index (χ2v) is 7.66. The summed E-state index contributed by atoms with van der Waals surface area (Å²) >= 11 is 0. The average molecular weight is 406 g/mol. The molecule has 0 heterocycles. The molecule has 0 saturated heterocycles. The number of aryl methyl sites for hydroxylation is 2. The minimum Gasteiger partial charge on any atom is -0.463 e. The molecular weight excluding hydrogens is 370 g/mol. The number of carbonyl (C=O) groups excluding carboxylic acids is 1. The molecule has 0 saturated carbocycles. The van der Waals surface area contributed by atoms with Crippen molar-refractivity contribution in [1.29, 1.82) is 0 Å². The molecule has 0 radical (unpaired) electrons. The third-order valence-corrected chi connectivity index (χ3v) is 5.12. The summed E-state index contributed by atoms with van der Waals surface area (Å²) < 4.78 is 4.98. The summed E-state index contributed by atoms with van der Waals surface area (Å²) in [6.45, 7) is 6.11. The van der Waals surface area contributed by atoms with Crippen LogP contribution in [0.2, 0.25) is 0 Å². The quantitative estimate of drug-likeness (QED) is 0.147. The first-order chi connectivity index (χ1) is 14.7. The zero-order valence-electron chi connectivity index (χ0n) is 18.3. The number of ether oxygens (including phenoxy) is 1. The third-order valence-electron chi connectivity index (χ3n) is 5.12. The highest BCUT2D eigenvalue weighted by Gasteiger charge is 1.98. The third kappa shape index (κ3) is 9.69. The summed E-state index contributed by atoms with van der Waals surface area (Å²) in [6, 6.07) is 17.2. The fourth-order valence-corrected chi connectivity index (χ4v) is 3.24. The van der Waals surface area contributed by atoms with Crippen molar-refractivity contribution in [2.45, 2.75) is 64.7 Å². The standard InChI is InChI=1S/C27H35NO2/c1-3-5-11-23-17-19-26(20-18-23)28-22-25-15-13-24(14-16-25)12-9-7-6-8-10-21-30-27(29)4-2/h4,13-20,22H,2-3,5-12,21H2,1H3. The predicted octanol–water partition coefficient (Wildman–Crippen LogP) is 7.00. The van der Waals surface area contributed by atoms with E-state index in [4.69, 9.17) is 4.74 Å². The van der Waals surface area contributed by atoms with Gasteiger partial charge in [-0.15, -0.1) is 0 Å². The lowest BCUT2D eigenvalue weighted by Gasteiger charge is -2.04. The van der Waals surface area contributed by atoms with Crippen molar-refractivity contribution in [1.82, 2.24) is 0 Å². The Hall–Kier alpha value is -2.68. The Balaban J connectivity index is 1.64. The van der Waals surface area contributed by atoms with Crippen LogP contribution in [0.1, 0.15) is 68.6 Å². The minimum atomic E-state index is -0.330. The van der Waals surface area contributed by atoms with Gasteiger partial charge in [0.2, 0.25) is 0 Å². The molecule has 0 atom stereocenters. The van der Waals surface area contributed by atoms with Crippen molar-refractivity contribution < 1.29 is 9.53 Å². The van der Waals surface area contributed by atoms with E-state index in [1.54, 1.807) is 0 Å². The number of hydrogen-bond donors (Lipinski definition) is 0. The molecule has 0 aliphatic rings. The summed E-state index contributed by atoms with van der Waals surface area (Å²) in [5, 5.41) is 0. The summed E-state index contributed by atoms with van der Waals surface area (Å²) in [5.74, 6) is -0.330. The Kier molecular flexibility index (Phi) is 11.3. The number of nitrogens with zero attached hydrogens (tertiary/aromatic N) is 1. The first-order valence-electron chi connectivity index (χ1n) is 11.2. The molecule has 0 N–H and O–H groups in total. The van der Waals surface area contributed by atoms with Crippen molar-refractivity contribution in [2.75, 3.05) is 6.61 Å². The van der Waals surface area contributed by atoms with Crippen molar-refractivity contribution in [3.8, 4) is 0 Å². The van der Waals surface area contributed by atoms with Crippen molar-refractivity contribution >= 4 is 17.9 Å². The van der Waals surface area contributed by atoms with Gasteiger partial charge in [-0.1, -0.05) is 75.6 Å². The Morgan fingerprint density at radius 2 is 1.47 bits per heavy atom. The molecule has 3 heteroatoms. The van der Waals surface area contributed by atoms with Crippen LogP contribution in [0.4, 0.5) is 5.69 Å². The smallest absolute Gasteiger partial charge is 0.330 e. The van der Waals surface area contributed by atoms with E-state index in [9.17, 15) is 4.79 Å². The van der Waals surface area contributed by atoms with Gasteiger partial charge in [0, 0.05) is 12.3 Å². The minimum absolute atomic E-state index is 0.330. The molecule has 2 rings (SSSR count). The number of aliphatic imine (C=N–C) groups is 1. The lowest BCUT2D eigenvalue weighted by molar-refractivity contribution is -0.137. The van der Waals surface area contributed by atoms with E-state index in [1.165, 1.54) is 49.3 Å². The largest absolute Gasteiger partial charge is 0.463 e. The molecule has 2 aromatic carbocycles. The van der Waals surface area contributed by atoms with Crippen LogP contribution in [0, 0.1) is 0 Å². The molecule has 2 aromatic rings. The van der Waals surface area contributed by atoms with Gasteiger partial charge in [-0.05, 0) is 60.9 Å². The Bertz CT molecular complexity index is 776. The van der Waals surface area contributed by atoms with Gasteiger partial charge in [-0.3, -0.25) is 4.99 Å². The topological polar surface area (TPSA) is 38.7 Å². The second kappa shape index (κ2) is 14.3. The zero-order chi connectivity index (χ0) is 21.4. The second-order valence-electron chi connectivity index (χ2n) is 7.66. The number of carbonyl (C=O) groups is 1. The van der Waals surface area contributed by atoms with E-state index >= 15 is 0 Å². The fraction of sp³-hybridized carbons (Fsp3) is 0.407. The number of benzene rings is 2. The fourth-order valence-electron chi connectivity index (χ4n) is 3.24. The summed E-state index contributed by atoms with van der Waals surface area (Å²) in [7, 11) is 0. The normalized spacial score (nSPS) is 11.0. The van der Waals surface area contributed by atoms with Crippen LogP contribution in [0.5, 0.6) is 0 Å². The molecule has 0 spiro atoms. The first-order valence-corrected chi connectivity index (χ1v) is 11.2. The first kappa shape index (κ1) is 23.6. The monoisotopic (exact) mass is 405 g/mol. The van der Waals surface area contributed by atoms with Gasteiger partial charge in [-0.25, -0.2) is 4.79 Å². The molecule has 3 nitrogen and oxygen atoms in total. The van der Waals surface area contributed by atoms with E-state index in [0.29, 0.717) is 6.61 Å². The maximum Gasteiger partial charge on any atom is 0.330 e. The van der Waals surface area contributed by atoms with E-state index in [2.05, 4.69) is 67.0 Å². The van der Waals surface area contributed by atoms with Crippen LogP contribution in [0.15, 0.2) is 66.2 Å². The maximum absolute atomic E-state index is 10.9. The Morgan fingerprint density at radius 1 is 0.867 bits per heavy atom. The molecule has 30 heavy (non-hydrogen) atoms. The van der Waals surface area contributed by atoms with Crippen LogP contribution in [-0.4, -0.2) is 18.8 Å². The Morgan fingerprint density at radius 3 is 2.13 bits per heavy atom. The van der Waals surface area contributed by atoms with Crippen LogP contribution in [0.25, 0.3) is 0 Å². The van der Waals surface area contributed by atoms with Gasteiger partial charge in [0.1, 0.15) is 0 Å². The van der Waals surface area contributed by atoms with Gasteiger partial charge >= 0.3 is 5.97 Å². The van der Waals surface area contributed by atoms with Crippen LogP contribution < -0.4 is 0 Å². The van der Waals surface area contributed by atoms with Crippen LogP contribution >= 0.6 is 0 Å². The van der Waals surface area contributed by atoms with Crippen LogP contribution in [-0.2, 0) is 22.4 Å². The van der Waals surface area contributed by atoms with Gasteiger partial charge in [0.05, 0.1) is 12.3 Å². The highest BCUT2D eigenvalue weighted by atomic mass is 16.5. The SMILES string of the molecule is C=CC(=O)OCCCCCCCc1ccc(C=Nc2ccc(CCCC)cc2)cc1. The molecule has 0 amide bonds. The van der Waals surface area contributed by atoms with Crippen molar-refractivity contribution in [3.05, 3.63) is 77.9 Å². The molecule has 0 bridgehead atoms. The lowest BCUT2D eigenvalue weighted by Crippen LogP contribution is -2.01. The van der Waals surface area contributed by atoms with E-state index < -0.39 is 0 Å². The number of hydrogen-bond acceptors (Lipinski definition) is 3. The molecule has 160 valence electrons. The number of unbranched alkanes of at least 4 members (excludes halogenated alkanes) is 5. The Labute approximate surface area is 181 Å². The summed E-state index contributed by atoms with van der Waals surface area (Å²) in [4.78, 5) is 15.5. The molecule has 0 aliphatic carbocycles. The number of rotatable bonds is 14. The zero-order valence-corrected chi connectivity index (χ0v) is 18.3. The highest BCUT2D eigenvalue weighted by Crippen LogP contribution is 2.15. The van der Waals surface area contributed by atoms with E-state index in [-0.39, 0.29) is 5.97 Å². The highest BCUT2D eigenvalue weighted by molar-refractivity contribution is 5.82. The maximum atomic E-state index is 10.9. The molecule has 0 fully saturated rings. The van der Waals surface area contributed by atoms with Gasteiger partial charge in [0.25, 0.3) is 0 Å². The van der Waals surface area contributed by atoms with Gasteiger partial charge < -0.3 is 4.74 Å². The van der Waals surface area contributed by atoms with Crippen molar-refractivity contribution in [3.63, 3.8) is 0 Å². The number of esters is 1. The van der Waals surface area contributed by atoms with E-state index in [1.807, 2.05) is 6.21 Å². The summed E-state index contributed by atoms with van der Waals surface area (Å²) in [5.41, 5.74) is 4.88. The van der Waals surface area contributed by atoms with Gasteiger partial charge in [0.15, 0.2) is 0 Å². The molecular formula is C27H35NO2. The molecule has 0 aromatic heterocycles. The van der Waals surface area contributed by atoms with Crippen molar-refractivity contribution in [2.24, 2.45) is 4.99 Å². The lowest BCUT2D eigenvalue weighted by atomic mass is 10.0. The average Bonchev–Trinajstić information content (AvgIpc) is 2.79. The van der Waals surface area contributed by atoms with E-state index in [0.717, 1.165) is 36.9 Å². The predicted molar refractivity (Wildman–Crippen MR) is 127 cm³/mol.